The Bertz CT molecular complexity index is 564. The number of carbonyl (C=O) groups excluding carboxylic acids is 1. The molecule has 0 bridgehead atoms. The Morgan fingerprint density at radius 2 is 2.00 bits per heavy atom. The monoisotopic (exact) mass is 289 g/mol. The minimum absolute atomic E-state index is 0.121. The number of nitrogens with one attached hydrogen (secondary N) is 1. The molecule has 0 aliphatic heterocycles. The molecule has 1 aromatic heterocycles. The fourth-order valence-corrected chi connectivity index (χ4v) is 1.68. The number of aromatic nitrogens is 2. The van der Waals surface area contributed by atoms with Gasteiger partial charge in [-0.05, 0) is 37.1 Å². The predicted octanol–water partition coefficient (Wildman–Crippen LogP) is 2.28. The van der Waals surface area contributed by atoms with E-state index < -0.39 is 6.10 Å². The molecule has 0 saturated heterocycles. The van der Waals surface area contributed by atoms with E-state index in [1.165, 1.54) is 6.39 Å². The molecule has 6 heteroatoms. The van der Waals surface area contributed by atoms with Crippen LogP contribution in [0.4, 0.5) is 0 Å². The number of benzene rings is 1. The van der Waals surface area contributed by atoms with Crippen molar-refractivity contribution >= 4 is 5.91 Å². The van der Waals surface area contributed by atoms with E-state index in [0.717, 1.165) is 5.56 Å². The molecular formula is C15H19N3O3. The number of rotatable bonds is 6. The standard InChI is InChI=1S/C15H19N3O3/c1-10(2)8-16-14(19)11(3)21-13-6-4-12(5-7-13)15-18-17-9-20-15/h4-7,9-11H,8H2,1-3H3,(H,16,19)/t11-/m0/s1. The van der Waals surface area contributed by atoms with Crippen molar-refractivity contribution in [1.82, 2.24) is 15.5 Å². The molecule has 1 atom stereocenters. The van der Waals surface area contributed by atoms with Crippen LogP contribution >= 0.6 is 0 Å². The van der Waals surface area contributed by atoms with Gasteiger partial charge in [0.15, 0.2) is 6.10 Å². The van der Waals surface area contributed by atoms with Crippen molar-refractivity contribution in [3.8, 4) is 17.2 Å². The Balaban J connectivity index is 1.92. The van der Waals surface area contributed by atoms with Crippen LogP contribution in [-0.2, 0) is 4.79 Å². The lowest BCUT2D eigenvalue weighted by molar-refractivity contribution is -0.127. The van der Waals surface area contributed by atoms with Crippen molar-refractivity contribution < 1.29 is 13.9 Å². The summed E-state index contributed by atoms with van der Waals surface area (Å²) in [5, 5.41) is 10.3. The molecule has 6 nitrogen and oxygen atoms in total. The van der Waals surface area contributed by atoms with Crippen molar-refractivity contribution in [2.45, 2.75) is 26.9 Å². The summed E-state index contributed by atoms with van der Waals surface area (Å²) >= 11 is 0. The highest BCUT2D eigenvalue weighted by Crippen LogP contribution is 2.20. The van der Waals surface area contributed by atoms with Gasteiger partial charge in [0, 0.05) is 12.1 Å². The normalized spacial score (nSPS) is 12.2. The topological polar surface area (TPSA) is 77.2 Å². The third-order valence-corrected chi connectivity index (χ3v) is 2.83. The first kappa shape index (κ1) is 15.0. The second-order valence-corrected chi connectivity index (χ2v) is 5.17. The van der Waals surface area contributed by atoms with Gasteiger partial charge in [-0.2, -0.15) is 0 Å². The fraction of sp³-hybridized carbons (Fsp3) is 0.400. The summed E-state index contributed by atoms with van der Waals surface area (Å²) in [4.78, 5) is 11.8. The van der Waals surface area contributed by atoms with Crippen LogP contribution in [-0.4, -0.2) is 28.8 Å². The number of hydrogen-bond acceptors (Lipinski definition) is 5. The smallest absolute Gasteiger partial charge is 0.260 e. The SMILES string of the molecule is CC(C)CNC(=O)[C@H](C)Oc1ccc(-c2nnco2)cc1. The van der Waals surface area contributed by atoms with Crippen molar-refractivity contribution in [1.29, 1.82) is 0 Å². The molecule has 1 N–H and O–H groups in total. The molecule has 0 saturated carbocycles. The lowest BCUT2D eigenvalue weighted by Crippen LogP contribution is -2.38. The van der Waals surface area contributed by atoms with Gasteiger partial charge in [0.1, 0.15) is 5.75 Å². The Morgan fingerprint density at radius 3 is 2.57 bits per heavy atom. The third-order valence-electron chi connectivity index (χ3n) is 2.83. The van der Waals surface area contributed by atoms with Crippen LogP contribution in [0.3, 0.4) is 0 Å². The van der Waals surface area contributed by atoms with Gasteiger partial charge in [-0.25, -0.2) is 0 Å². The second-order valence-electron chi connectivity index (χ2n) is 5.17. The molecule has 0 radical (unpaired) electrons. The maximum atomic E-state index is 11.8. The first-order chi connectivity index (χ1) is 10.1. The van der Waals surface area contributed by atoms with E-state index in [2.05, 4.69) is 15.5 Å². The van der Waals surface area contributed by atoms with E-state index in [1.54, 1.807) is 19.1 Å². The van der Waals surface area contributed by atoms with Crippen LogP contribution < -0.4 is 10.1 Å². The highest BCUT2D eigenvalue weighted by Gasteiger charge is 2.14. The van der Waals surface area contributed by atoms with Crippen molar-refractivity contribution in [3.63, 3.8) is 0 Å². The molecule has 0 fully saturated rings. The van der Waals surface area contributed by atoms with Gasteiger partial charge in [0.05, 0.1) is 0 Å². The van der Waals surface area contributed by atoms with Gasteiger partial charge in [-0.15, -0.1) is 10.2 Å². The minimum atomic E-state index is -0.544. The first-order valence-corrected chi connectivity index (χ1v) is 6.87. The Kier molecular flexibility index (Phi) is 4.92. The number of ether oxygens (including phenoxy) is 1. The molecule has 0 spiro atoms. The summed E-state index contributed by atoms with van der Waals surface area (Å²) in [5.74, 6) is 1.36. The zero-order valence-electron chi connectivity index (χ0n) is 12.4. The Hall–Kier alpha value is -2.37. The molecule has 2 aromatic rings. The molecule has 21 heavy (non-hydrogen) atoms. The van der Waals surface area contributed by atoms with Gasteiger partial charge >= 0.3 is 0 Å². The van der Waals surface area contributed by atoms with Crippen molar-refractivity contribution in [3.05, 3.63) is 30.7 Å². The maximum Gasteiger partial charge on any atom is 0.260 e. The average molecular weight is 289 g/mol. The Morgan fingerprint density at radius 1 is 1.29 bits per heavy atom. The highest BCUT2D eigenvalue weighted by molar-refractivity contribution is 5.80. The molecule has 112 valence electrons. The van der Waals surface area contributed by atoms with Crippen LogP contribution in [0.1, 0.15) is 20.8 Å². The van der Waals surface area contributed by atoms with Crippen LogP contribution in [0.25, 0.3) is 11.5 Å². The molecule has 2 rings (SSSR count). The van der Waals surface area contributed by atoms with Crippen LogP contribution in [0.2, 0.25) is 0 Å². The van der Waals surface area contributed by atoms with Crippen molar-refractivity contribution in [2.24, 2.45) is 5.92 Å². The highest BCUT2D eigenvalue weighted by atomic mass is 16.5. The summed E-state index contributed by atoms with van der Waals surface area (Å²) < 4.78 is 10.7. The summed E-state index contributed by atoms with van der Waals surface area (Å²) in [6, 6.07) is 7.15. The van der Waals surface area contributed by atoms with Crippen LogP contribution in [0, 0.1) is 5.92 Å². The molecule has 1 aromatic carbocycles. The first-order valence-electron chi connectivity index (χ1n) is 6.87. The quantitative estimate of drug-likeness (QED) is 0.882. The van der Waals surface area contributed by atoms with Crippen LogP contribution in [0.15, 0.2) is 35.1 Å². The number of nitrogens with zero attached hydrogens (tertiary/aromatic N) is 2. The molecule has 1 heterocycles. The molecule has 0 unspecified atom stereocenters. The predicted molar refractivity (Wildman–Crippen MR) is 77.7 cm³/mol. The molecule has 0 aliphatic carbocycles. The van der Waals surface area contributed by atoms with Crippen molar-refractivity contribution in [2.75, 3.05) is 6.54 Å². The zero-order valence-corrected chi connectivity index (χ0v) is 12.4. The van der Waals surface area contributed by atoms with E-state index in [9.17, 15) is 4.79 Å². The maximum absolute atomic E-state index is 11.8. The number of carbonyl (C=O) groups is 1. The summed E-state index contributed by atoms with van der Waals surface area (Å²) in [5.41, 5.74) is 0.803. The Labute approximate surface area is 123 Å². The minimum Gasteiger partial charge on any atom is -0.481 e. The lowest BCUT2D eigenvalue weighted by atomic mass is 10.2. The van der Waals surface area contributed by atoms with Gasteiger partial charge in [0.25, 0.3) is 5.91 Å². The molecular weight excluding hydrogens is 270 g/mol. The van der Waals surface area contributed by atoms with Gasteiger partial charge in [-0.3, -0.25) is 4.79 Å². The van der Waals surface area contributed by atoms with E-state index in [0.29, 0.717) is 24.1 Å². The van der Waals surface area contributed by atoms with Gasteiger partial charge in [-0.1, -0.05) is 13.8 Å². The lowest BCUT2D eigenvalue weighted by Gasteiger charge is -2.15. The fourth-order valence-electron chi connectivity index (χ4n) is 1.68. The van der Waals surface area contributed by atoms with Gasteiger partial charge < -0.3 is 14.5 Å². The molecule has 0 aliphatic rings. The third kappa shape index (κ3) is 4.30. The summed E-state index contributed by atoms with van der Waals surface area (Å²) in [7, 11) is 0. The summed E-state index contributed by atoms with van der Waals surface area (Å²) in [6.45, 7) is 6.45. The second kappa shape index (κ2) is 6.88. The summed E-state index contributed by atoms with van der Waals surface area (Å²) in [6.07, 6.45) is 0.735. The van der Waals surface area contributed by atoms with E-state index in [1.807, 2.05) is 26.0 Å². The zero-order chi connectivity index (χ0) is 15.2. The number of hydrogen-bond donors (Lipinski definition) is 1. The van der Waals surface area contributed by atoms with E-state index in [-0.39, 0.29) is 5.91 Å². The largest absolute Gasteiger partial charge is 0.481 e. The number of amides is 1. The van der Waals surface area contributed by atoms with E-state index >= 15 is 0 Å². The van der Waals surface area contributed by atoms with Gasteiger partial charge in [0.2, 0.25) is 12.3 Å². The van der Waals surface area contributed by atoms with Crippen LogP contribution in [0.5, 0.6) is 5.75 Å². The molecule has 1 amide bonds. The van der Waals surface area contributed by atoms with E-state index in [4.69, 9.17) is 9.15 Å². The average Bonchev–Trinajstić information content (AvgIpc) is 2.99.